The predicted octanol–water partition coefficient (Wildman–Crippen LogP) is 2.99. The third kappa shape index (κ3) is 4.73. The second-order valence-electron chi connectivity index (χ2n) is 8.20. The number of halogens is 2. The molecule has 0 saturated carbocycles. The van der Waals surface area contributed by atoms with E-state index in [1.165, 1.54) is 24.3 Å². The molecule has 0 spiro atoms. The Morgan fingerprint density at radius 3 is 2.28 bits per heavy atom. The molecule has 1 aromatic carbocycles. The molecule has 0 amide bonds. The Balaban J connectivity index is 1.39. The molecule has 3 fully saturated rings. The number of sulfonamides is 1. The molecule has 3 aliphatic heterocycles. The lowest BCUT2D eigenvalue weighted by molar-refractivity contribution is -0.0498. The third-order valence-electron chi connectivity index (χ3n) is 6.33. The number of rotatable bonds is 7. The van der Waals surface area contributed by atoms with E-state index in [9.17, 15) is 17.2 Å². The lowest BCUT2D eigenvalue weighted by Gasteiger charge is -2.39. The van der Waals surface area contributed by atoms with E-state index in [0.717, 1.165) is 58.3 Å². The SMILES string of the molecule is O=S(=O)(c1ccc(OC(F)F)cc1)N1C2CCC1CC(NCC1CCOCC1)C2. The maximum absolute atomic E-state index is 13.2. The van der Waals surface area contributed by atoms with E-state index in [2.05, 4.69) is 10.1 Å². The Labute approximate surface area is 170 Å². The molecule has 3 heterocycles. The predicted molar refractivity (Wildman–Crippen MR) is 103 cm³/mol. The molecule has 162 valence electrons. The molecular weight excluding hydrogens is 402 g/mol. The molecule has 1 N–H and O–H groups in total. The van der Waals surface area contributed by atoms with E-state index >= 15 is 0 Å². The van der Waals surface area contributed by atoms with E-state index in [-0.39, 0.29) is 22.7 Å². The number of nitrogens with one attached hydrogen (secondary N) is 1. The number of piperidine rings is 1. The van der Waals surface area contributed by atoms with Crippen molar-refractivity contribution >= 4 is 10.0 Å². The van der Waals surface area contributed by atoms with Crippen molar-refractivity contribution < 1.29 is 26.7 Å². The van der Waals surface area contributed by atoms with Crippen molar-refractivity contribution in [2.45, 2.75) is 68.2 Å². The summed E-state index contributed by atoms with van der Waals surface area (Å²) in [5.41, 5.74) is 0. The number of hydrogen-bond acceptors (Lipinski definition) is 5. The van der Waals surface area contributed by atoms with Crippen LogP contribution in [0.3, 0.4) is 0 Å². The van der Waals surface area contributed by atoms with Crippen LogP contribution in [0.15, 0.2) is 29.2 Å². The second-order valence-corrected chi connectivity index (χ2v) is 10.0. The van der Waals surface area contributed by atoms with Gasteiger partial charge in [-0.1, -0.05) is 0 Å². The fourth-order valence-electron chi connectivity index (χ4n) is 4.89. The van der Waals surface area contributed by atoms with Gasteiger partial charge in [-0.2, -0.15) is 13.1 Å². The molecule has 4 rings (SSSR count). The van der Waals surface area contributed by atoms with Gasteiger partial charge in [-0.25, -0.2) is 8.42 Å². The second kappa shape index (κ2) is 8.83. The highest BCUT2D eigenvalue weighted by molar-refractivity contribution is 7.89. The first kappa shape index (κ1) is 21.0. The van der Waals surface area contributed by atoms with Crippen LogP contribution in [-0.4, -0.2) is 57.2 Å². The highest BCUT2D eigenvalue weighted by Gasteiger charge is 2.47. The number of nitrogens with zero attached hydrogens (tertiary/aromatic N) is 1. The lowest BCUT2D eigenvalue weighted by atomic mass is 9.96. The highest BCUT2D eigenvalue weighted by Crippen LogP contribution is 2.40. The van der Waals surface area contributed by atoms with Gasteiger partial charge < -0.3 is 14.8 Å². The summed E-state index contributed by atoms with van der Waals surface area (Å²) in [7, 11) is -3.66. The standard InChI is InChI=1S/C20H28F2N2O4S/c21-20(22)28-18-3-5-19(6-4-18)29(25,26)24-16-1-2-17(24)12-15(11-16)23-13-14-7-9-27-10-8-14/h3-6,14-17,20,23H,1-2,7-13H2. The summed E-state index contributed by atoms with van der Waals surface area (Å²) < 4.78 is 62.4. The normalized spacial score (nSPS) is 28.7. The van der Waals surface area contributed by atoms with Gasteiger partial charge in [-0.3, -0.25) is 0 Å². The zero-order chi connectivity index (χ0) is 20.4. The minimum atomic E-state index is -3.66. The Bertz CT molecular complexity index is 770. The molecule has 2 unspecified atom stereocenters. The van der Waals surface area contributed by atoms with Gasteiger partial charge in [0.25, 0.3) is 0 Å². The average molecular weight is 431 g/mol. The minimum absolute atomic E-state index is 0.0112. The summed E-state index contributed by atoms with van der Waals surface area (Å²) in [4.78, 5) is 0.129. The van der Waals surface area contributed by atoms with Crippen LogP contribution in [0, 0.1) is 5.92 Å². The maximum Gasteiger partial charge on any atom is 0.387 e. The number of alkyl halides is 2. The summed E-state index contributed by atoms with van der Waals surface area (Å²) in [5.74, 6) is 0.593. The van der Waals surface area contributed by atoms with E-state index in [1.807, 2.05) is 0 Å². The zero-order valence-corrected chi connectivity index (χ0v) is 17.1. The van der Waals surface area contributed by atoms with Gasteiger partial charge in [0, 0.05) is 31.3 Å². The van der Waals surface area contributed by atoms with Crippen LogP contribution in [0.4, 0.5) is 8.78 Å². The van der Waals surface area contributed by atoms with Gasteiger partial charge in [0.05, 0.1) is 4.90 Å². The quantitative estimate of drug-likeness (QED) is 0.720. The Morgan fingerprint density at radius 2 is 1.69 bits per heavy atom. The lowest BCUT2D eigenvalue weighted by Crippen LogP contribution is -2.52. The monoisotopic (exact) mass is 430 g/mol. The van der Waals surface area contributed by atoms with Crippen molar-refractivity contribution in [2.75, 3.05) is 19.8 Å². The Kier molecular flexibility index (Phi) is 6.38. The molecule has 3 aliphatic rings. The van der Waals surface area contributed by atoms with Gasteiger partial charge in [0.2, 0.25) is 10.0 Å². The third-order valence-corrected chi connectivity index (χ3v) is 8.35. The van der Waals surface area contributed by atoms with Crippen LogP contribution in [0.25, 0.3) is 0 Å². The van der Waals surface area contributed by atoms with E-state index in [0.29, 0.717) is 12.0 Å². The Hall–Kier alpha value is -1.29. The number of fused-ring (bicyclic) bond motifs is 2. The first-order valence-electron chi connectivity index (χ1n) is 10.3. The summed E-state index contributed by atoms with van der Waals surface area (Å²) in [6, 6.07) is 5.57. The molecule has 29 heavy (non-hydrogen) atoms. The largest absolute Gasteiger partial charge is 0.435 e. The van der Waals surface area contributed by atoms with Crippen molar-refractivity contribution in [3.05, 3.63) is 24.3 Å². The zero-order valence-electron chi connectivity index (χ0n) is 16.3. The summed E-state index contributed by atoms with van der Waals surface area (Å²) in [6.45, 7) is -0.308. The van der Waals surface area contributed by atoms with E-state index < -0.39 is 16.6 Å². The number of ether oxygens (including phenoxy) is 2. The molecule has 1 aromatic rings. The molecule has 6 nitrogen and oxygen atoms in total. The van der Waals surface area contributed by atoms with Gasteiger partial charge in [0.1, 0.15) is 5.75 Å². The van der Waals surface area contributed by atoms with Crippen LogP contribution >= 0.6 is 0 Å². The van der Waals surface area contributed by atoms with Crippen molar-refractivity contribution in [3.8, 4) is 5.75 Å². The van der Waals surface area contributed by atoms with E-state index in [1.54, 1.807) is 4.31 Å². The minimum Gasteiger partial charge on any atom is -0.435 e. The summed E-state index contributed by atoms with van der Waals surface area (Å²) >= 11 is 0. The number of benzene rings is 1. The molecule has 3 saturated heterocycles. The first-order valence-corrected chi connectivity index (χ1v) is 11.8. The topological polar surface area (TPSA) is 67.9 Å². The molecule has 0 aromatic heterocycles. The summed E-state index contributed by atoms with van der Waals surface area (Å²) in [6.07, 6.45) is 5.52. The highest BCUT2D eigenvalue weighted by atomic mass is 32.2. The van der Waals surface area contributed by atoms with Crippen molar-refractivity contribution in [3.63, 3.8) is 0 Å². The van der Waals surface area contributed by atoms with Crippen molar-refractivity contribution in [1.82, 2.24) is 9.62 Å². The maximum atomic E-state index is 13.2. The molecule has 9 heteroatoms. The first-order chi connectivity index (χ1) is 13.9. The molecule has 0 aliphatic carbocycles. The molecule has 2 bridgehead atoms. The molecule has 0 radical (unpaired) electrons. The fraction of sp³-hybridized carbons (Fsp3) is 0.700. The molecular formula is C20H28F2N2O4S. The van der Waals surface area contributed by atoms with Gasteiger partial charge in [-0.05, 0) is 75.3 Å². The Morgan fingerprint density at radius 1 is 1.07 bits per heavy atom. The van der Waals surface area contributed by atoms with Crippen molar-refractivity contribution in [1.29, 1.82) is 0 Å². The summed E-state index contributed by atoms with van der Waals surface area (Å²) in [5, 5.41) is 3.66. The van der Waals surface area contributed by atoms with Gasteiger partial charge in [-0.15, -0.1) is 0 Å². The fourth-order valence-corrected chi connectivity index (χ4v) is 6.78. The van der Waals surface area contributed by atoms with Crippen LogP contribution in [-0.2, 0) is 14.8 Å². The van der Waals surface area contributed by atoms with Crippen LogP contribution in [0.1, 0.15) is 38.5 Å². The molecule has 2 atom stereocenters. The smallest absolute Gasteiger partial charge is 0.387 e. The van der Waals surface area contributed by atoms with Crippen molar-refractivity contribution in [2.24, 2.45) is 5.92 Å². The number of hydrogen-bond donors (Lipinski definition) is 1. The van der Waals surface area contributed by atoms with Crippen LogP contribution in [0.2, 0.25) is 0 Å². The average Bonchev–Trinajstić information content (AvgIpc) is 2.99. The van der Waals surface area contributed by atoms with Gasteiger partial charge >= 0.3 is 6.61 Å². The van der Waals surface area contributed by atoms with Gasteiger partial charge in [0.15, 0.2) is 0 Å². The van der Waals surface area contributed by atoms with Crippen LogP contribution < -0.4 is 10.1 Å². The van der Waals surface area contributed by atoms with Crippen LogP contribution in [0.5, 0.6) is 5.75 Å². The van der Waals surface area contributed by atoms with E-state index in [4.69, 9.17) is 4.74 Å².